The largest absolute Gasteiger partial charge is 0.481 e. The summed E-state index contributed by atoms with van der Waals surface area (Å²) >= 11 is 0. The third-order valence-electron chi connectivity index (χ3n) is 4.44. The number of hydrogen-bond acceptors (Lipinski definition) is 4. The highest BCUT2D eigenvalue weighted by Crippen LogP contribution is 2.31. The molecule has 1 aliphatic heterocycles. The first-order valence-corrected chi connectivity index (χ1v) is 8.57. The number of rotatable bonds is 4. The van der Waals surface area contributed by atoms with Crippen molar-refractivity contribution < 1.29 is 23.1 Å². The number of carboxylic acid groups (broad SMARTS) is 1. The van der Waals surface area contributed by atoms with E-state index in [-0.39, 0.29) is 11.5 Å². The third-order valence-corrected chi connectivity index (χ3v) is 6.34. The number of aliphatic carboxylic acids is 1. The Morgan fingerprint density at radius 3 is 2.10 bits per heavy atom. The maximum absolute atomic E-state index is 12.1. The Morgan fingerprint density at radius 2 is 1.71 bits per heavy atom. The Balaban J connectivity index is 2.77. The van der Waals surface area contributed by atoms with Crippen LogP contribution in [0.3, 0.4) is 0 Å². The first-order chi connectivity index (χ1) is 9.21. The molecule has 21 heavy (non-hydrogen) atoms. The third kappa shape index (κ3) is 3.87. The van der Waals surface area contributed by atoms with E-state index < -0.39 is 38.3 Å². The van der Waals surface area contributed by atoms with Gasteiger partial charge in [0.15, 0.2) is 9.84 Å². The first kappa shape index (κ1) is 17.7. The predicted molar refractivity (Wildman–Crippen MR) is 78.8 cm³/mol. The van der Waals surface area contributed by atoms with Crippen molar-refractivity contribution >= 4 is 21.8 Å². The molecular formula is C13H24N2O5S. The lowest BCUT2D eigenvalue weighted by atomic mass is 9.74. The van der Waals surface area contributed by atoms with Crippen LogP contribution in [-0.2, 0) is 14.6 Å². The van der Waals surface area contributed by atoms with Gasteiger partial charge in [-0.05, 0) is 41.0 Å². The topological polar surface area (TPSA) is 113 Å². The smallest absolute Gasteiger partial charge is 0.315 e. The monoisotopic (exact) mass is 320 g/mol. The van der Waals surface area contributed by atoms with Crippen LogP contribution in [0.4, 0.5) is 4.79 Å². The minimum atomic E-state index is -3.12. The number of sulfone groups is 1. The van der Waals surface area contributed by atoms with Crippen LogP contribution in [0.25, 0.3) is 0 Å². The summed E-state index contributed by atoms with van der Waals surface area (Å²) in [5.41, 5.74) is -2.99. The number of amides is 2. The van der Waals surface area contributed by atoms with Gasteiger partial charge in [0.1, 0.15) is 0 Å². The van der Waals surface area contributed by atoms with Gasteiger partial charge in [-0.3, -0.25) is 4.79 Å². The highest BCUT2D eigenvalue weighted by atomic mass is 32.2. The molecule has 0 radical (unpaired) electrons. The molecule has 0 aliphatic carbocycles. The Labute approximate surface area is 125 Å². The molecule has 0 saturated carbocycles. The first-order valence-electron chi connectivity index (χ1n) is 6.75. The fraction of sp³-hybridized carbons (Fsp3) is 0.846. The number of carboxylic acids is 1. The number of urea groups is 1. The van der Waals surface area contributed by atoms with Crippen LogP contribution < -0.4 is 10.6 Å². The molecule has 0 spiro atoms. The summed E-state index contributed by atoms with van der Waals surface area (Å²) in [6.07, 6.45) is 0.353. The van der Waals surface area contributed by atoms with E-state index >= 15 is 0 Å². The molecule has 1 fully saturated rings. The minimum Gasteiger partial charge on any atom is -0.481 e. The van der Waals surface area contributed by atoms with Gasteiger partial charge in [-0.2, -0.15) is 0 Å². The van der Waals surface area contributed by atoms with E-state index in [0.29, 0.717) is 6.42 Å². The van der Waals surface area contributed by atoms with Gasteiger partial charge >= 0.3 is 12.0 Å². The maximum Gasteiger partial charge on any atom is 0.315 e. The van der Waals surface area contributed by atoms with Crippen molar-refractivity contribution in [2.45, 2.75) is 52.1 Å². The highest BCUT2D eigenvalue weighted by Gasteiger charge is 2.46. The fourth-order valence-electron chi connectivity index (χ4n) is 2.12. The summed E-state index contributed by atoms with van der Waals surface area (Å²) in [6.45, 7) is 7.96. The zero-order chi connectivity index (χ0) is 16.7. The Hall–Kier alpha value is -1.31. The molecule has 0 aromatic heterocycles. The van der Waals surface area contributed by atoms with E-state index in [1.165, 1.54) is 13.8 Å². The molecule has 0 aromatic rings. The normalized spacial score (nSPS) is 25.4. The van der Waals surface area contributed by atoms with E-state index in [1.807, 2.05) is 0 Å². The van der Waals surface area contributed by atoms with Gasteiger partial charge in [0.05, 0.1) is 28.0 Å². The minimum absolute atomic E-state index is 0.0494. The van der Waals surface area contributed by atoms with Crippen molar-refractivity contribution in [3.05, 3.63) is 0 Å². The fourth-order valence-corrected chi connectivity index (χ4v) is 4.21. The van der Waals surface area contributed by atoms with E-state index in [9.17, 15) is 23.1 Å². The molecular weight excluding hydrogens is 296 g/mol. The van der Waals surface area contributed by atoms with Crippen LogP contribution in [-0.4, -0.2) is 48.1 Å². The van der Waals surface area contributed by atoms with Crippen molar-refractivity contribution in [3.8, 4) is 0 Å². The van der Waals surface area contributed by atoms with Gasteiger partial charge in [0.25, 0.3) is 0 Å². The number of carbonyl (C=O) groups excluding carboxylic acids is 1. The van der Waals surface area contributed by atoms with Crippen LogP contribution in [0.2, 0.25) is 0 Å². The molecule has 2 amide bonds. The Morgan fingerprint density at radius 1 is 1.19 bits per heavy atom. The molecule has 122 valence electrons. The van der Waals surface area contributed by atoms with E-state index in [0.717, 1.165) is 0 Å². The van der Waals surface area contributed by atoms with Crippen molar-refractivity contribution in [2.24, 2.45) is 5.41 Å². The number of hydrogen-bond donors (Lipinski definition) is 3. The highest BCUT2D eigenvalue weighted by molar-refractivity contribution is 7.91. The zero-order valence-electron chi connectivity index (χ0n) is 13.1. The van der Waals surface area contributed by atoms with Gasteiger partial charge in [-0.15, -0.1) is 0 Å². The van der Waals surface area contributed by atoms with Gasteiger partial charge in [-0.1, -0.05) is 0 Å². The Kier molecular flexibility index (Phi) is 4.35. The van der Waals surface area contributed by atoms with Crippen LogP contribution in [0.1, 0.15) is 41.0 Å². The molecule has 8 heteroatoms. The molecule has 1 rings (SSSR count). The summed E-state index contributed by atoms with van der Waals surface area (Å²) in [5.74, 6) is -1.08. The number of nitrogens with one attached hydrogen (secondary N) is 2. The molecule has 1 saturated heterocycles. The summed E-state index contributed by atoms with van der Waals surface area (Å²) in [7, 11) is -3.12. The summed E-state index contributed by atoms with van der Waals surface area (Å²) in [6, 6.07) is -0.561. The summed E-state index contributed by atoms with van der Waals surface area (Å²) in [5, 5.41) is 14.5. The van der Waals surface area contributed by atoms with E-state index in [4.69, 9.17) is 0 Å². The standard InChI is InChI=1S/C13H24N2O5S/c1-11(2,9(16)17)12(3,4)14-10(18)15-13(5)6-7-21(19,20)8-13/h6-8H2,1-5H3,(H,16,17)(H2,14,15,18). The van der Waals surface area contributed by atoms with Gasteiger partial charge in [-0.25, -0.2) is 13.2 Å². The SMILES string of the molecule is CC1(NC(=O)NC(C)(C)C(C)(C)C(=O)O)CCS(=O)(=O)C1. The van der Waals surface area contributed by atoms with Crippen LogP contribution in [0.5, 0.6) is 0 Å². The predicted octanol–water partition coefficient (Wildman–Crippen LogP) is 0.752. The Bertz CT molecular complexity index is 553. The van der Waals surface area contributed by atoms with Crippen molar-refractivity contribution in [2.75, 3.05) is 11.5 Å². The van der Waals surface area contributed by atoms with Crippen LogP contribution in [0, 0.1) is 5.41 Å². The average molecular weight is 320 g/mol. The lowest BCUT2D eigenvalue weighted by molar-refractivity contribution is -0.150. The second-order valence-corrected chi connectivity index (χ2v) is 9.22. The zero-order valence-corrected chi connectivity index (χ0v) is 13.9. The van der Waals surface area contributed by atoms with E-state index in [1.54, 1.807) is 20.8 Å². The van der Waals surface area contributed by atoms with Gasteiger partial charge in [0, 0.05) is 0 Å². The molecule has 1 aliphatic rings. The molecule has 1 unspecified atom stereocenters. The molecule has 0 aromatic carbocycles. The molecule has 1 atom stereocenters. The average Bonchev–Trinajstić information content (AvgIpc) is 2.50. The second-order valence-electron chi connectivity index (χ2n) is 7.04. The van der Waals surface area contributed by atoms with Crippen molar-refractivity contribution in [3.63, 3.8) is 0 Å². The summed E-state index contributed by atoms with van der Waals surface area (Å²) < 4.78 is 23.0. The molecule has 1 heterocycles. The summed E-state index contributed by atoms with van der Waals surface area (Å²) in [4.78, 5) is 23.4. The lowest BCUT2D eigenvalue weighted by Gasteiger charge is -2.39. The lowest BCUT2D eigenvalue weighted by Crippen LogP contribution is -2.61. The maximum atomic E-state index is 12.1. The van der Waals surface area contributed by atoms with Crippen molar-refractivity contribution in [1.82, 2.24) is 10.6 Å². The number of carbonyl (C=O) groups is 2. The van der Waals surface area contributed by atoms with E-state index in [2.05, 4.69) is 10.6 Å². The van der Waals surface area contributed by atoms with Crippen LogP contribution >= 0.6 is 0 Å². The molecule has 3 N–H and O–H groups in total. The van der Waals surface area contributed by atoms with Crippen molar-refractivity contribution in [1.29, 1.82) is 0 Å². The second kappa shape index (κ2) is 5.15. The molecule has 0 bridgehead atoms. The molecule has 7 nitrogen and oxygen atoms in total. The van der Waals surface area contributed by atoms with Gasteiger partial charge < -0.3 is 15.7 Å². The quantitative estimate of drug-likeness (QED) is 0.707. The van der Waals surface area contributed by atoms with Gasteiger partial charge in [0.2, 0.25) is 0 Å². The van der Waals surface area contributed by atoms with Crippen LogP contribution in [0.15, 0.2) is 0 Å².